The Morgan fingerprint density at radius 3 is 2.83 bits per heavy atom. The summed E-state index contributed by atoms with van der Waals surface area (Å²) in [6.07, 6.45) is 5.62. The summed E-state index contributed by atoms with van der Waals surface area (Å²) in [7, 11) is 0. The lowest BCUT2D eigenvalue weighted by atomic mass is 10.1. The smallest absolute Gasteiger partial charge is 0.222 e. The second-order valence-corrected chi connectivity index (χ2v) is 5.95. The van der Waals surface area contributed by atoms with Crippen molar-refractivity contribution in [3.05, 3.63) is 16.9 Å². The maximum Gasteiger partial charge on any atom is 0.222 e. The quantitative estimate of drug-likeness (QED) is 0.837. The Kier molecular flexibility index (Phi) is 3.39. The lowest BCUT2D eigenvalue weighted by molar-refractivity contribution is -0.128. The van der Waals surface area contributed by atoms with Gasteiger partial charge in [-0.25, -0.2) is 0 Å². The van der Waals surface area contributed by atoms with Gasteiger partial charge >= 0.3 is 0 Å². The lowest BCUT2D eigenvalue weighted by Gasteiger charge is -2.39. The molecule has 0 spiro atoms. The first kappa shape index (κ1) is 12.2. The summed E-state index contributed by atoms with van der Waals surface area (Å²) in [5.41, 5.74) is 0. The number of carbonyl (C=O) groups excluding carboxylic acids is 1. The molecule has 0 unspecified atom stereocenters. The van der Waals surface area contributed by atoms with E-state index in [1.54, 1.807) is 0 Å². The maximum absolute atomic E-state index is 11.5. The van der Waals surface area contributed by atoms with Gasteiger partial charge < -0.3 is 4.90 Å². The van der Waals surface area contributed by atoms with Crippen LogP contribution in [0.5, 0.6) is 0 Å². The predicted octanol–water partition coefficient (Wildman–Crippen LogP) is 1.12. The van der Waals surface area contributed by atoms with Crippen LogP contribution >= 0.6 is 15.9 Å². The van der Waals surface area contributed by atoms with E-state index in [1.165, 1.54) is 0 Å². The van der Waals surface area contributed by atoms with Gasteiger partial charge in [-0.05, 0) is 22.4 Å². The third kappa shape index (κ3) is 2.44. The van der Waals surface area contributed by atoms with Crippen molar-refractivity contribution in [2.24, 2.45) is 0 Å². The molecule has 0 N–H and O–H groups in total. The van der Waals surface area contributed by atoms with Crippen LogP contribution in [0.1, 0.15) is 18.9 Å². The highest BCUT2D eigenvalue weighted by Gasteiger charge is 2.29. The summed E-state index contributed by atoms with van der Waals surface area (Å²) >= 11 is 3.41. The molecule has 2 aliphatic rings. The first-order chi connectivity index (χ1) is 8.72. The molecule has 0 aromatic carbocycles. The van der Waals surface area contributed by atoms with E-state index in [1.807, 2.05) is 22.0 Å². The predicted molar refractivity (Wildman–Crippen MR) is 71.2 cm³/mol. The van der Waals surface area contributed by atoms with Crippen molar-refractivity contribution in [2.75, 3.05) is 32.7 Å². The normalized spacial score (nSPS) is 21.6. The average Bonchev–Trinajstić information content (AvgIpc) is 2.86. The lowest BCUT2D eigenvalue weighted by Crippen LogP contribution is -2.50. The van der Waals surface area contributed by atoms with E-state index >= 15 is 0 Å². The van der Waals surface area contributed by atoms with Crippen LogP contribution < -0.4 is 0 Å². The third-order valence-corrected chi connectivity index (χ3v) is 4.15. The Hall–Kier alpha value is -0.880. The number of aromatic nitrogens is 2. The number of hydrogen-bond donors (Lipinski definition) is 0. The van der Waals surface area contributed by atoms with Crippen LogP contribution in [-0.2, 0) is 4.79 Å². The molecule has 0 saturated carbocycles. The molecule has 2 aliphatic heterocycles. The zero-order valence-corrected chi connectivity index (χ0v) is 11.8. The number of halogens is 1. The van der Waals surface area contributed by atoms with Crippen LogP contribution in [0, 0.1) is 0 Å². The van der Waals surface area contributed by atoms with Gasteiger partial charge in [-0.3, -0.25) is 14.4 Å². The fourth-order valence-corrected chi connectivity index (χ4v) is 2.91. The molecule has 1 amide bonds. The van der Waals surface area contributed by atoms with Gasteiger partial charge in [0.1, 0.15) is 0 Å². The molecular weight excluding hydrogens is 296 g/mol. The number of amides is 1. The molecule has 18 heavy (non-hydrogen) atoms. The summed E-state index contributed by atoms with van der Waals surface area (Å²) in [6, 6.07) is 0.491. The van der Waals surface area contributed by atoms with Crippen LogP contribution in [0.25, 0.3) is 0 Å². The molecule has 1 aromatic rings. The summed E-state index contributed by atoms with van der Waals surface area (Å²) in [4.78, 5) is 15.8. The molecule has 5 nitrogen and oxygen atoms in total. The molecule has 2 saturated heterocycles. The molecule has 1 aromatic heterocycles. The number of carbonyl (C=O) groups is 1. The van der Waals surface area contributed by atoms with Gasteiger partial charge in [0.25, 0.3) is 0 Å². The van der Waals surface area contributed by atoms with Gasteiger partial charge in [-0.15, -0.1) is 0 Å². The van der Waals surface area contributed by atoms with Crippen molar-refractivity contribution in [3.8, 4) is 0 Å². The zero-order valence-electron chi connectivity index (χ0n) is 10.3. The third-order valence-electron chi connectivity index (χ3n) is 3.74. The van der Waals surface area contributed by atoms with Gasteiger partial charge in [0.15, 0.2) is 0 Å². The highest BCUT2D eigenvalue weighted by Crippen LogP contribution is 2.22. The second-order valence-electron chi connectivity index (χ2n) is 5.04. The molecule has 3 heterocycles. The summed E-state index contributed by atoms with van der Waals surface area (Å²) in [5, 5.41) is 4.30. The van der Waals surface area contributed by atoms with Gasteiger partial charge in [0, 0.05) is 45.3 Å². The van der Waals surface area contributed by atoms with Gasteiger partial charge in [-0.2, -0.15) is 5.10 Å². The first-order valence-corrected chi connectivity index (χ1v) is 7.21. The minimum absolute atomic E-state index is 0.322. The molecule has 0 atom stereocenters. The fourth-order valence-electron chi connectivity index (χ4n) is 2.61. The van der Waals surface area contributed by atoms with E-state index in [0.717, 1.165) is 50.0 Å². The number of rotatable bonds is 4. The molecule has 98 valence electrons. The monoisotopic (exact) mass is 312 g/mol. The molecule has 6 heteroatoms. The van der Waals surface area contributed by atoms with Crippen LogP contribution in [-0.4, -0.2) is 58.2 Å². The van der Waals surface area contributed by atoms with Crippen molar-refractivity contribution in [1.29, 1.82) is 0 Å². The largest absolute Gasteiger partial charge is 0.341 e. The number of likely N-dealkylation sites (tertiary alicyclic amines) is 2. The Balaban J connectivity index is 1.41. The molecule has 2 fully saturated rings. The highest BCUT2D eigenvalue weighted by atomic mass is 79.9. The SMILES string of the molecule is O=C1CCCN1CCN1CC(n2cc(Br)cn2)C1. The van der Waals surface area contributed by atoms with Gasteiger partial charge in [0.2, 0.25) is 5.91 Å². The Labute approximate surface area is 115 Å². The summed E-state index contributed by atoms with van der Waals surface area (Å²) in [6.45, 7) is 4.90. The molecular formula is C12H17BrN4O. The van der Waals surface area contributed by atoms with E-state index < -0.39 is 0 Å². The van der Waals surface area contributed by atoms with Gasteiger partial charge in [-0.1, -0.05) is 0 Å². The van der Waals surface area contributed by atoms with Crippen LogP contribution in [0.2, 0.25) is 0 Å². The van der Waals surface area contributed by atoms with Crippen LogP contribution in [0.15, 0.2) is 16.9 Å². The Morgan fingerprint density at radius 2 is 2.22 bits per heavy atom. The molecule has 0 bridgehead atoms. The maximum atomic E-state index is 11.5. The van der Waals surface area contributed by atoms with E-state index in [2.05, 4.69) is 25.9 Å². The minimum atomic E-state index is 0.322. The van der Waals surface area contributed by atoms with E-state index in [-0.39, 0.29) is 0 Å². The first-order valence-electron chi connectivity index (χ1n) is 6.42. The second kappa shape index (κ2) is 5.01. The minimum Gasteiger partial charge on any atom is -0.341 e. The fraction of sp³-hybridized carbons (Fsp3) is 0.667. The number of nitrogens with zero attached hydrogens (tertiary/aromatic N) is 4. The van der Waals surface area contributed by atoms with Crippen molar-refractivity contribution in [3.63, 3.8) is 0 Å². The van der Waals surface area contributed by atoms with E-state index in [4.69, 9.17) is 0 Å². The molecule has 0 aliphatic carbocycles. The average molecular weight is 313 g/mol. The molecule has 3 rings (SSSR count). The Bertz CT molecular complexity index is 441. The van der Waals surface area contributed by atoms with Crippen molar-refractivity contribution >= 4 is 21.8 Å². The van der Waals surface area contributed by atoms with Gasteiger partial charge in [0.05, 0.1) is 16.7 Å². The van der Waals surface area contributed by atoms with Crippen LogP contribution in [0.3, 0.4) is 0 Å². The summed E-state index contributed by atoms with van der Waals surface area (Å²) in [5.74, 6) is 0.322. The van der Waals surface area contributed by atoms with E-state index in [0.29, 0.717) is 11.9 Å². The number of hydrogen-bond acceptors (Lipinski definition) is 3. The van der Waals surface area contributed by atoms with Crippen molar-refractivity contribution < 1.29 is 4.79 Å². The molecule has 0 radical (unpaired) electrons. The standard InChI is InChI=1S/C12H17BrN4O/c13-10-6-14-17(7-10)11-8-15(9-11)4-5-16-3-1-2-12(16)18/h6-7,11H,1-5,8-9H2. The van der Waals surface area contributed by atoms with Crippen molar-refractivity contribution in [2.45, 2.75) is 18.9 Å². The zero-order chi connectivity index (χ0) is 12.5. The topological polar surface area (TPSA) is 41.4 Å². The van der Waals surface area contributed by atoms with Crippen molar-refractivity contribution in [1.82, 2.24) is 19.6 Å². The van der Waals surface area contributed by atoms with Crippen LogP contribution in [0.4, 0.5) is 0 Å². The highest BCUT2D eigenvalue weighted by molar-refractivity contribution is 9.10. The van der Waals surface area contributed by atoms with E-state index in [9.17, 15) is 4.79 Å². The summed E-state index contributed by atoms with van der Waals surface area (Å²) < 4.78 is 3.05. The Morgan fingerprint density at radius 1 is 1.39 bits per heavy atom.